The Balaban J connectivity index is 1.25. The second kappa shape index (κ2) is 21.8. The zero-order valence-electron chi connectivity index (χ0n) is 28.4. The molecule has 280 valence electrons. The molecule has 50 heavy (non-hydrogen) atoms. The van der Waals surface area contributed by atoms with Crippen molar-refractivity contribution in [1.82, 2.24) is 20.3 Å². The number of ether oxygens (including phenoxy) is 4. The maximum absolute atomic E-state index is 13.0. The summed E-state index contributed by atoms with van der Waals surface area (Å²) in [7, 11) is -1.79. The lowest BCUT2D eigenvalue weighted by Crippen LogP contribution is -2.50. The minimum Gasteiger partial charge on any atom is -0.380 e. The fourth-order valence-corrected chi connectivity index (χ4v) is 6.77. The van der Waals surface area contributed by atoms with Crippen molar-refractivity contribution in [2.45, 2.75) is 42.9 Å². The molecular weight excluding hydrogens is 715 g/mol. The van der Waals surface area contributed by atoms with E-state index >= 15 is 0 Å². The number of rotatable bonds is 23. The first-order chi connectivity index (χ1) is 23.9. The number of sulfonamides is 1. The van der Waals surface area contributed by atoms with Gasteiger partial charge in [0.1, 0.15) is 0 Å². The van der Waals surface area contributed by atoms with Gasteiger partial charge in [-0.1, -0.05) is 42.3 Å². The Morgan fingerprint density at radius 2 is 1.42 bits per heavy atom. The molecule has 0 saturated carbocycles. The lowest BCUT2D eigenvalue weighted by molar-refractivity contribution is -0.146. The maximum atomic E-state index is 13.0. The SMILES string of the molecule is CCCOCCNC(=O)[C@@H](O)[C@H](O)C(=O)NCCOCCOCCOCCNS(=O)(=O)c1cccc([C@@H]2CN(C)Cc3c(Cl)cc(Cl)cc32)c1. The molecule has 0 aromatic heterocycles. The van der Waals surface area contributed by atoms with Gasteiger partial charge in [0.25, 0.3) is 11.8 Å². The van der Waals surface area contributed by atoms with Crippen molar-refractivity contribution in [3.63, 3.8) is 0 Å². The summed E-state index contributed by atoms with van der Waals surface area (Å²) >= 11 is 12.8. The van der Waals surface area contributed by atoms with Crippen molar-refractivity contribution < 1.29 is 47.2 Å². The maximum Gasteiger partial charge on any atom is 0.252 e. The number of amides is 2. The van der Waals surface area contributed by atoms with Crippen LogP contribution in [0.4, 0.5) is 0 Å². The van der Waals surface area contributed by atoms with Gasteiger partial charge in [0, 0.05) is 55.3 Å². The third-order valence-electron chi connectivity index (χ3n) is 7.62. The number of hydrogen-bond acceptors (Lipinski definition) is 11. The molecule has 0 fully saturated rings. The van der Waals surface area contributed by atoms with Crippen LogP contribution < -0.4 is 15.4 Å². The van der Waals surface area contributed by atoms with E-state index in [0.717, 1.165) is 23.1 Å². The van der Waals surface area contributed by atoms with Crippen molar-refractivity contribution in [2.75, 3.05) is 86.1 Å². The van der Waals surface area contributed by atoms with E-state index in [9.17, 15) is 28.2 Å². The molecule has 0 aliphatic carbocycles. The van der Waals surface area contributed by atoms with Crippen molar-refractivity contribution in [1.29, 1.82) is 0 Å². The van der Waals surface area contributed by atoms with Crippen LogP contribution in [0.25, 0.3) is 0 Å². The highest BCUT2D eigenvalue weighted by molar-refractivity contribution is 7.89. The highest BCUT2D eigenvalue weighted by Crippen LogP contribution is 2.38. The summed E-state index contributed by atoms with van der Waals surface area (Å²) in [5.74, 6) is -1.87. The van der Waals surface area contributed by atoms with Gasteiger partial charge in [-0.05, 0) is 54.4 Å². The van der Waals surface area contributed by atoms with Crippen molar-refractivity contribution in [2.24, 2.45) is 0 Å². The van der Waals surface area contributed by atoms with Crippen LogP contribution in [0.3, 0.4) is 0 Å². The molecule has 1 heterocycles. The van der Waals surface area contributed by atoms with Gasteiger partial charge in [0.15, 0.2) is 12.2 Å². The van der Waals surface area contributed by atoms with Crippen LogP contribution in [0.5, 0.6) is 0 Å². The Kier molecular flexibility index (Phi) is 18.3. The standard InChI is InChI=1S/C33H48Cl2N4O10S/c1-3-10-46-11-7-36-32(42)30(40)31(41)33(43)37-8-12-47-14-16-49-17-15-48-13-9-38-50(44,45)25-6-4-5-23(18-25)27-21-39(2)22-28-26(27)19-24(34)20-29(28)35/h4-6,18-20,27,30-31,38,40-41H,3,7-17,21-22H2,1-2H3,(H,36,42)(H,37,43)/t27-,30-,31-/m0/s1. The number of hydrogen-bond donors (Lipinski definition) is 5. The summed E-state index contributed by atoms with van der Waals surface area (Å²) < 4.78 is 50.1. The number of carbonyl (C=O) groups excluding carboxylic acids is 2. The highest BCUT2D eigenvalue weighted by atomic mass is 35.5. The fourth-order valence-electron chi connectivity index (χ4n) is 5.14. The van der Waals surface area contributed by atoms with Crippen LogP contribution in [0.15, 0.2) is 41.3 Å². The highest BCUT2D eigenvalue weighted by Gasteiger charge is 2.30. The van der Waals surface area contributed by atoms with Gasteiger partial charge in [-0.2, -0.15) is 0 Å². The lowest BCUT2D eigenvalue weighted by Gasteiger charge is -2.33. The Morgan fingerprint density at radius 1 is 0.860 bits per heavy atom. The molecule has 2 aromatic rings. The number of likely N-dealkylation sites (N-methyl/N-ethyl adjacent to an activating group) is 1. The molecule has 0 unspecified atom stereocenters. The smallest absolute Gasteiger partial charge is 0.252 e. The molecular formula is C33H48Cl2N4O10S. The number of carbonyl (C=O) groups is 2. The minimum absolute atomic E-state index is 0.0496. The zero-order valence-corrected chi connectivity index (χ0v) is 30.7. The monoisotopic (exact) mass is 762 g/mol. The molecule has 0 spiro atoms. The molecule has 0 radical (unpaired) electrons. The van der Waals surface area contributed by atoms with Crippen LogP contribution >= 0.6 is 23.2 Å². The number of benzene rings is 2. The fraction of sp³-hybridized carbons (Fsp3) is 0.576. The van der Waals surface area contributed by atoms with Crippen LogP contribution in [0.2, 0.25) is 10.0 Å². The molecule has 5 N–H and O–H groups in total. The second-order valence-corrected chi connectivity index (χ2v) is 14.2. The summed E-state index contributed by atoms with van der Waals surface area (Å²) in [4.78, 5) is 26.1. The number of aliphatic hydroxyl groups excluding tert-OH is 2. The molecule has 1 aliphatic heterocycles. The van der Waals surface area contributed by atoms with E-state index < -0.39 is 34.0 Å². The van der Waals surface area contributed by atoms with Gasteiger partial charge in [-0.25, -0.2) is 13.1 Å². The number of nitrogens with one attached hydrogen (secondary N) is 3. The second-order valence-electron chi connectivity index (χ2n) is 11.6. The number of halogens is 2. The van der Waals surface area contributed by atoms with E-state index in [-0.39, 0.29) is 76.7 Å². The third-order valence-corrected chi connectivity index (χ3v) is 9.64. The normalized spacial score (nSPS) is 16.1. The van der Waals surface area contributed by atoms with Gasteiger partial charge in [0.05, 0.1) is 51.1 Å². The molecule has 3 atom stereocenters. The molecule has 2 aromatic carbocycles. The molecule has 14 nitrogen and oxygen atoms in total. The van der Waals surface area contributed by atoms with Crippen LogP contribution in [-0.2, 0) is 45.1 Å². The summed E-state index contributed by atoms with van der Waals surface area (Å²) in [5, 5.41) is 25.7. The predicted molar refractivity (Wildman–Crippen MR) is 188 cm³/mol. The summed E-state index contributed by atoms with van der Waals surface area (Å²) in [6.45, 7) is 5.64. The first-order valence-electron chi connectivity index (χ1n) is 16.4. The summed E-state index contributed by atoms with van der Waals surface area (Å²) in [6.07, 6.45) is -3.01. The first kappa shape index (κ1) is 42.0. The summed E-state index contributed by atoms with van der Waals surface area (Å²) in [6, 6.07) is 10.5. The summed E-state index contributed by atoms with van der Waals surface area (Å²) in [5.41, 5.74) is 2.83. The Morgan fingerprint density at radius 3 is 2.02 bits per heavy atom. The largest absolute Gasteiger partial charge is 0.380 e. The van der Waals surface area contributed by atoms with E-state index in [1.807, 2.05) is 26.1 Å². The van der Waals surface area contributed by atoms with Crippen molar-refractivity contribution in [3.05, 3.63) is 63.1 Å². The van der Waals surface area contributed by atoms with Crippen LogP contribution in [-0.4, -0.2) is 134 Å². The van der Waals surface area contributed by atoms with E-state index in [1.165, 1.54) is 0 Å². The number of aliphatic hydroxyl groups is 2. The predicted octanol–water partition coefficient (Wildman–Crippen LogP) is 1.28. The first-order valence-corrected chi connectivity index (χ1v) is 18.7. The molecule has 2 amide bonds. The van der Waals surface area contributed by atoms with Gasteiger partial charge in [0.2, 0.25) is 10.0 Å². The van der Waals surface area contributed by atoms with E-state index in [1.54, 1.807) is 24.3 Å². The molecule has 0 bridgehead atoms. The van der Waals surface area contributed by atoms with Gasteiger partial charge < -0.3 is 44.7 Å². The average molecular weight is 764 g/mol. The number of fused-ring (bicyclic) bond motifs is 1. The van der Waals surface area contributed by atoms with E-state index in [0.29, 0.717) is 29.7 Å². The average Bonchev–Trinajstić information content (AvgIpc) is 3.09. The third kappa shape index (κ3) is 13.6. The molecule has 1 aliphatic rings. The van der Waals surface area contributed by atoms with Gasteiger partial charge in [-0.3, -0.25) is 9.59 Å². The van der Waals surface area contributed by atoms with Gasteiger partial charge in [-0.15, -0.1) is 0 Å². The van der Waals surface area contributed by atoms with E-state index in [2.05, 4.69) is 20.3 Å². The Labute approximate surface area is 303 Å². The molecule has 17 heteroatoms. The van der Waals surface area contributed by atoms with Crippen molar-refractivity contribution >= 4 is 45.0 Å². The minimum atomic E-state index is -3.78. The van der Waals surface area contributed by atoms with Crippen LogP contribution in [0, 0.1) is 0 Å². The topological polar surface area (TPSA) is 185 Å². The Bertz CT molecular complexity index is 1490. The molecule has 3 rings (SSSR count). The van der Waals surface area contributed by atoms with E-state index in [4.69, 9.17) is 42.1 Å². The quantitative estimate of drug-likeness (QED) is 0.103. The zero-order chi connectivity index (χ0) is 36.5. The lowest BCUT2D eigenvalue weighted by atomic mass is 9.85. The van der Waals surface area contributed by atoms with Crippen molar-refractivity contribution in [3.8, 4) is 0 Å². The number of nitrogens with zero attached hydrogens (tertiary/aromatic N) is 1. The van der Waals surface area contributed by atoms with Gasteiger partial charge >= 0.3 is 0 Å². The van der Waals surface area contributed by atoms with Crippen LogP contribution in [0.1, 0.15) is 36.0 Å². The molecule has 0 saturated heterocycles. The Hall–Kier alpha value is -2.41.